The summed E-state index contributed by atoms with van der Waals surface area (Å²) >= 11 is 0. The maximum absolute atomic E-state index is 12.7. The summed E-state index contributed by atoms with van der Waals surface area (Å²) in [6, 6.07) is 18.4. The molecule has 0 saturated heterocycles. The van der Waals surface area contributed by atoms with E-state index in [1.54, 1.807) is 0 Å². The summed E-state index contributed by atoms with van der Waals surface area (Å²) in [5, 5.41) is 11.9. The number of fused-ring (bicyclic) bond motifs is 2. The highest BCUT2D eigenvalue weighted by Crippen LogP contribution is 2.39. The molecule has 1 atom stereocenters. The maximum Gasteiger partial charge on any atom is 0.303 e. The van der Waals surface area contributed by atoms with Gasteiger partial charge in [0.1, 0.15) is 0 Å². The average molecular weight is 412 g/mol. The molecule has 3 aromatic rings. The van der Waals surface area contributed by atoms with E-state index in [0.717, 1.165) is 41.8 Å². The summed E-state index contributed by atoms with van der Waals surface area (Å²) < 4.78 is 0. The first-order chi connectivity index (χ1) is 15.1. The minimum atomic E-state index is -0.824. The molecule has 1 aliphatic heterocycles. The van der Waals surface area contributed by atoms with Crippen molar-refractivity contribution < 1.29 is 14.7 Å². The predicted octanol–water partition coefficient (Wildman–Crippen LogP) is 4.99. The van der Waals surface area contributed by atoms with Gasteiger partial charge in [-0.05, 0) is 66.6 Å². The highest BCUT2D eigenvalue weighted by atomic mass is 16.4. The van der Waals surface area contributed by atoms with Crippen LogP contribution in [0.5, 0.6) is 0 Å². The van der Waals surface area contributed by atoms with Crippen molar-refractivity contribution in [3.63, 3.8) is 0 Å². The highest BCUT2D eigenvalue weighted by molar-refractivity contribution is 6.34. The van der Waals surface area contributed by atoms with Crippen molar-refractivity contribution in [2.75, 3.05) is 5.32 Å². The number of aliphatic carboxylic acids is 1. The SMILES string of the molecule is O=C(O)CCc1ccc2c(c1)C(=Cc1cc3c([nH]1)CCCC3c1ccccc1)C(=O)N2. The third-order valence-corrected chi connectivity index (χ3v) is 6.25. The van der Waals surface area contributed by atoms with Crippen molar-refractivity contribution in [3.05, 3.63) is 88.2 Å². The van der Waals surface area contributed by atoms with Crippen LogP contribution in [0.3, 0.4) is 0 Å². The monoisotopic (exact) mass is 412 g/mol. The Bertz CT molecular complexity index is 1190. The Hall–Kier alpha value is -3.60. The first-order valence-corrected chi connectivity index (χ1v) is 10.7. The molecule has 1 aliphatic carbocycles. The minimum Gasteiger partial charge on any atom is -0.481 e. The number of carboxylic acid groups (broad SMARTS) is 1. The molecular weight excluding hydrogens is 388 g/mol. The number of rotatable bonds is 5. The van der Waals surface area contributed by atoms with Gasteiger partial charge in [-0.25, -0.2) is 0 Å². The van der Waals surface area contributed by atoms with E-state index in [-0.39, 0.29) is 12.3 Å². The fraction of sp³-hybridized carbons (Fsp3) is 0.231. The van der Waals surface area contributed by atoms with Gasteiger partial charge in [-0.3, -0.25) is 9.59 Å². The zero-order chi connectivity index (χ0) is 21.4. The molecule has 0 saturated carbocycles. The summed E-state index contributed by atoms with van der Waals surface area (Å²) in [7, 11) is 0. The molecule has 2 aromatic carbocycles. The molecule has 31 heavy (non-hydrogen) atoms. The van der Waals surface area contributed by atoms with Crippen LogP contribution in [-0.4, -0.2) is 22.0 Å². The lowest BCUT2D eigenvalue weighted by Gasteiger charge is -2.22. The summed E-state index contributed by atoms with van der Waals surface area (Å²) in [4.78, 5) is 27.1. The lowest BCUT2D eigenvalue weighted by Crippen LogP contribution is -2.09. The van der Waals surface area contributed by atoms with Crippen LogP contribution in [0.25, 0.3) is 11.6 Å². The number of anilines is 1. The van der Waals surface area contributed by atoms with Crippen LogP contribution in [0.4, 0.5) is 5.69 Å². The molecule has 3 N–H and O–H groups in total. The molecule has 0 fully saturated rings. The smallest absolute Gasteiger partial charge is 0.303 e. The number of amides is 1. The van der Waals surface area contributed by atoms with Crippen LogP contribution < -0.4 is 5.32 Å². The molecule has 5 nitrogen and oxygen atoms in total. The largest absolute Gasteiger partial charge is 0.481 e. The molecule has 1 unspecified atom stereocenters. The van der Waals surface area contributed by atoms with Crippen LogP contribution >= 0.6 is 0 Å². The maximum atomic E-state index is 12.7. The van der Waals surface area contributed by atoms with Crippen LogP contribution in [0.15, 0.2) is 54.6 Å². The van der Waals surface area contributed by atoms with Crippen molar-refractivity contribution in [3.8, 4) is 0 Å². The molecule has 1 aromatic heterocycles. The van der Waals surface area contributed by atoms with E-state index in [1.807, 2.05) is 30.3 Å². The lowest BCUT2D eigenvalue weighted by molar-refractivity contribution is -0.137. The van der Waals surface area contributed by atoms with Gasteiger partial charge in [-0.1, -0.05) is 36.4 Å². The Labute approximate surface area is 180 Å². The van der Waals surface area contributed by atoms with E-state index in [4.69, 9.17) is 5.11 Å². The molecule has 2 aliphatic rings. The number of hydrogen-bond donors (Lipinski definition) is 3. The molecular formula is C26H24N2O3. The van der Waals surface area contributed by atoms with Gasteiger partial charge in [0, 0.05) is 35.0 Å². The van der Waals surface area contributed by atoms with Gasteiger partial charge >= 0.3 is 5.97 Å². The standard InChI is InChI=1S/C26H24N2O3/c29-25(30)12-10-16-9-11-24-20(13-16)22(26(31)28-24)15-18-14-21-19(7-4-8-23(21)27-18)17-5-2-1-3-6-17/h1-3,5-6,9,11,13-15,19,27H,4,7-8,10,12H2,(H,28,31)(H,29,30). The van der Waals surface area contributed by atoms with Gasteiger partial charge in [0.2, 0.25) is 0 Å². The zero-order valence-corrected chi connectivity index (χ0v) is 17.2. The zero-order valence-electron chi connectivity index (χ0n) is 17.2. The number of aromatic amines is 1. The Morgan fingerprint density at radius 1 is 1.13 bits per heavy atom. The van der Waals surface area contributed by atoms with Crippen molar-refractivity contribution in [1.82, 2.24) is 4.98 Å². The van der Waals surface area contributed by atoms with Crippen molar-refractivity contribution in [2.24, 2.45) is 0 Å². The molecule has 156 valence electrons. The summed E-state index contributed by atoms with van der Waals surface area (Å²) in [5.74, 6) is -0.575. The van der Waals surface area contributed by atoms with E-state index in [0.29, 0.717) is 17.9 Å². The Morgan fingerprint density at radius 2 is 1.97 bits per heavy atom. The van der Waals surface area contributed by atoms with Crippen molar-refractivity contribution >= 4 is 29.2 Å². The predicted molar refractivity (Wildman–Crippen MR) is 121 cm³/mol. The van der Waals surface area contributed by atoms with E-state index < -0.39 is 5.97 Å². The van der Waals surface area contributed by atoms with Gasteiger partial charge in [0.15, 0.2) is 0 Å². The summed E-state index contributed by atoms with van der Waals surface area (Å²) in [6.45, 7) is 0. The van der Waals surface area contributed by atoms with Gasteiger partial charge < -0.3 is 15.4 Å². The van der Waals surface area contributed by atoms with Crippen LogP contribution in [0.1, 0.15) is 58.8 Å². The number of nitrogens with one attached hydrogen (secondary N) is 2. The molecule has 0 bridgehead atoms. The number of H-pyrrole nitrogens is 1. The number of aryl methyl sites for hydroxylation is 2. The minimum absolute atomic E-state index is 0.0728. The number of carboxylic acids is 1. The van der Waals surface area contributed by atoms with Gasteiger partial charge in [0.25, 0.3) is 5.91 Å². The summed E-state index contributed by atoms with van der Waals surface area (Å²) in [6.07, 6.45) is 5.72. The number of aromatic nitrogens is 1. The Kier molecular flexibility index (Phi) is 4.94. The molecule has 5 rings (SSSR count). The topological polar surface area (TPSA) is 82.2 Å². The van der Waals surface area contributed by atoms with Gasteiger partial charge in [-0.15, -0.1) is 0 Å². The van der Waals surface area contributed by atoms with Gasteiger partial charge in [-0.2, -0.15) is 0 Å². The lowest BCUT2D eigenvalue weighted by atomic mass is 9.82. The fourth-order valence-corrected chi connectivity index (χ4v) is 4.74. The average Bonchev–Trinajstić information content (AvgIpc) is 3.33. The van der Waals surface area contributed by atoms with E-state index in [2.05, 4.69) is 40.6 Å². The second-order valence-electron chi connectivity index (χ2n) is 8.30. The quantitative estimate of drug-likeness (QED) is 0.516. The second kappa shape index (κ2) is 7.91. The van der Waals surface area contributed by atoms with Crippen molar-refractivity contribution in [2.45, 2.75) is 38.0 Å². The number of hydrogen-bond acceptors (Lipinski definition) is 2. The number of carbonyl (C=O) groups is 2. The summed E-state index contributed by atoms with van der Waals surface area (Å²) in [5.41, 5.74) is 7.96. The Morgan fingerprint density at radius 3 is 2.77 bits per heavy atom. The Balaban J connectivity index is 1.48. The molecule has 2 heterocycles. The highest BCUT2D eigenvalue weighted by Gasteiger charge is 2.27. The van der Waals surface area contributed by atoms with Crippen molar-refractivity contribution in [1.29, 1.82) is 0 Å². The number of benzene rings is 2. The molecule has 0 spiro atoms. The normalized spacial score (nSPS) is 18.5. The molecule has 5 heteroatoms. The van der Waals surface area contributed by atoms with Gasteiger partial charge in [0.05, 0.1) is 5.57 Å². The van der Waals surface area contributed by atoms with E-state index >= 15 is 0 Å². The molecule has 1 amide bonds. The third kappa shape index (κ3) is 3.79. The van der Waals surface area contributed by atoms with Crippen LogP contribution in [0, 0.1) is 0 Å². The van der Waals surface area contributed by atoms with Crippen LogP contribution in [-0.2, 0) is 22.4 Å². The fourth-order valence-electron chi connectivity index (χ4n) is 4.74. The van der Waals surface area contributed by atoms with E-state index in [9.17, 15) is 9.59 Å². The first kappa shape index (κ1) is 19.4. The third-order valence-electron chi connectivity index (χ3n) is 6.25. The van der Waals surface area contributed by atoms with Crippen LogP contribution in [0.2, 0.25) is 0 Å². The molecule has 0 radical (unpaired) electrons. The second-order valence-corrected chi connectivity index (χ2v) is 8.30. The number of carbonyl (C=O) groups excluding carboxylic acids is 1. The first-order valence-electron chi connectivity index (χ1n) is 10.7. The van der Waals surface area contributed by atoms with E-state index in [1.165, 1.54) is 16.8 Å².